The Bertz CT molecular complexity index is 173. The van der Waals surface area contributed by atoms with Crippen molar-refractivity contribution < 1.29 is 0 Å². The summed E-state index contributed by atoms with van der Waals surface area (Å²) in [6, 6.07) is 3.85. The zero-order valence-electron chi connectivity index (χ0n) is 4.90. The second kappa shape index (κ2) is 2.49. The maximum atomic E-state index is 5.78. The summed E-state index contributed by atoms with van der Waals surface area (Å²) in [4.78, 5) is 0.992. The molecule has 0 aliphatic heterocycles. The number of hydrogen-bond donors (Lipinski definition) is 0. The SMILES string of the molecule is CC(Cl)(Cl)c1cccs1. The van der Waals surface area contributed by atoms with Crippen LogP contribution in [0.25, 0.3) is 0 Å². The maximum absolute atomic E-state index is 5.78. The van der Waals surface area contributed by atoms with E-state index in [1.54, 1.807) is 18.3 Å². The van der Waals surface area contributed by atoms with Crippen LogP contribution in [0.1, 0.15) is 11.8 Å². The molecule has 0 aliphatic rings. The van der Waals surface area contributed by atoms with Gasteiger partial charge in [-0.2, -0.15) is 0 Å². The number of alkyl halides is 2. The van der Waals surface area contributed by atoms with Crippen LogP contribution in [0.15, 0.2) is 17.5 Å². The molecule has 1 aromatic heterocycles. The monoisotopic (exact) mass is 180 g/mol. The molecule has 1 rings (SSSR count). The highest BCUT2D eigenvalue weighted by atomic mass is 35.5. The van der Waals surface area contributed by atoms with E-state index in [1.807, 2.05) is 17.5 Å². The molecule has 1 aromatic rings. The molecule has 50 valence electrons. The fourth-order valence-electron chi connectivity index (χ4n) is 0.528. The summed E-state index contributed by atoms with van der Waals surface area (Å²) in [5.74, 6) is 0. The standard InChI is InChI=1S/C6H6Cl2S/c1-6(7,8)5-3-2-4-9-5/h2-4H,1H3. The van der Waals surface area contributed by atoms with Gasteiger partial charge in [0.15, 0.2) is 0 Å². The third-order valence-electron chi connectivity index (χ3n) is 0.954. The van der Waals surface area contributed by atoms with Gasteiger partial charge in [0.25, 0.3) is 0 Å². The van der Waals surface area contributed by atoms with Gasteiger partial charge in [0.05, 0.1) is 0 Å². The molecule has 0 amide bonds. The largest absolute Gasteiger partial charge is 0.149 e. The molecular formula is C6H6Cl2S. The van der Waals surface area contributed by atoms with Crippen LogP contribution >= 0.6 is 34.5 Å². The van der Waals surface area contributed by atoms with Crippen LogP contribution in [0, 0.1) is 0 Å². The molecule has 0 spiro atoms. The Morgan fingerprint density at radius 3 is 2.44 bits per heavy atom. The fourth-order valence-corrected chi connectivity index (χ4v) is 1.59. The van der Waals surface area contributed by atoms with Crippen LogP contribution in [-0.2, 0) is 4.33 Å². The van der Waals surface area contributed by atoms with Crippen molar-refractivity contribution in [3.05, 3.63) is 22.4 Å². The highest BCUT2D eigenvalue weighted by molar-refractivity contribution is 7.10. The molecule has 0 atom stereocenters. The summed E-state index contributed by atoms with van der Waals surface area (Å²) < 4.78 is -0.714. The normalized spacial score (nSPS) is 11.9. The van der Waals surface area contributed by atoms with Gasteiger partial charge in [-0.25, -0.2) is 0 Å². The van der Waals surface area contributed by atoms with E-state index in [1.165, 1.54) is 0 Å². The minimum atomic E-state index is -0.714. The highest BCUT2D eigenvalue weighted by Gasteiger charge is 2.19. The van der Waals surface area contributed by atoms with Crippen molar-refractivity contribution in [2.24, 2.45) is 0 Å². The molecule has 0 saturated heterocycles. The molecule has 0 nitrogen and oxygen atoms in total. The predicted molar refractivity (Wildman–Crippen MR) is 43.4 cm³/mol. The topological polar surface area (TPSA) is 0 Å². The van der Waals surface area contributed by atoms with Gasteiger partial charge in [-0.05, 0) is 18.4 Å². The van der Waals surface area contributed by atoms with Gasteiger partial charge in [0.2, 0.25) is 0 Å². The van der Waals surface area contributed by atoms with Gasteiger partial charge < -0.3 is 0 Å². The second-order valence-electron chi connectivity index (χ2n) is 1.87. The van der Waals surface area contributed by atoms with Crippen molar-refractivity contribution in [3.63, 3.8) is 0 Å². The minimum Gasteiger partial charge on any atom is -0.146 e. The van der Waals surface area contributed by atoms with Crippen molar-refractivity contribution in [2.75, 3.05) is 0 Å². The lowest BCUT2D eigenvalue weighted by molar-refractivity contribution is 1.01. The molecule has 0 N–H and O–H groups in total. The molecule has 0 saturated carbocycles. The molecule has 0 unspecified atom stereocenters. The van der Waals surface area contributed by atoms with Crippen molar-refractivity contribution in [2.45, 2.75) is 11.3 Å². The van der Waals surface area contributed by atoms with Crippen LogP contribution < -0.4 is 0 Å². The quantitative estimate of drug-likeness (QED) is 0.582. The summed E-state index contributed by atoms with van der Waals surface area (Å²) in [5, 5.41) is 1.96. The number of thiophene rings is 1. The summed E-state index contributed by atoms with van der Waals surface area (Å²) in [6.07, 6.45) is 0. The van der Waals surface area contributed by atoms with E-state index >= 15 is 0 Å². The van der Waals surface area contributed by atoms with E-state index in [0.717, 1.165) is 4.88 Å². The van der Waals surface area contributed by atoms with Crippen molar-refractivity contribution in [1.29, 1.82) is 0 Å². The Kier molecular flexibility index (Phi) is 2.04. The van der Waals surface area contributed by atoms with Crippen molar-refractivity contribution in [1.82, 2.24) is 0 Å². The average Bonchev–Trinajstić information content (AvgIpc) is 2.08. The van der Waals surface area contributed by atoms with Crippen LogP contribution in [-0.4, -0.2) is 0 Å². The Morgan fingerprint density at radius 2 is 2.22 bits per heavy atom. The van der Waals surface area contributed by atoms with Gasteiger partial charge in [-0.3, -0.25) is 0 Å². The predicted octanol–water partition coefficient (Wildman–Crippen LogP) is 3.40. The van der Waals surface area contributed by atoms with E-state index in [4.69, 9.17) is 23.2 Å². The molecule has 0 aliphatic carbocycles. The van der Waals surface area contributed by atoms with Crippen molar-refractivity contribution >= 4 is 34.5 Å². The number of rotatable bonds is 1. The minimum absolute atomic E-state index is 0.714. The Balaban J connectivity index is 2.90. The summed E-state index contributed by atoms with van der Waals surface area (Å²) >= 11 is 13.1. The van der Waals surface area contributed by atoms with Gasteiger partial charge in [0, 0.05) is 4.88 Å². The van der Waals surface area contributed by atoms with Crippen LogP contribution in [0.4, 0.5) is 0 Å². The third kappa shape index (κ3) is 1.85. The number of hydrogen-bond acceptors (Lipinski definition) is 1. The highest BCUT2D eigenvalue weighted by Crippen LogP contribution is 2.35. The van der Waals surface area contributed by atoms with Gasteiger partial charge >= 0.3 is 0 Å². The van der Waals surface area contributed by atoms with E-state index in [-0.39, 0.29) is 0 Å². The van der Waals surface area contributed by atoms with Gasteiger partial charge in [-0.15, -0.1) is 11.3 Å². The van der Waals surface area contributed by atoms with Gasteiger partial charge in [-0.1, -0.05) is 29.3 Å². The zero-order chi connectivity index (χ0) is 6.91. The first-order valence-corrected chi connectivity index (χ1v) is 4.16. The lowest BCUT2D eigenvalue weighted by Crippen LogP contribution is -1.98. The lowest BCUT2D eigenvalue weighted by Gasteiger charge is -2.08. The molecule has 9 heavy (non-hydrogen) atoms. The zero-order valence-corrected chi connectivity index (χ0v) is 7.22. The van der Waals surface area contributed by atoms with Crippen molar-refractivity contribution in [3.8, 4) is 0 Å². The Morgan fingerprint density at radius 1 is 1.56 bits per heavy atom. The third-order valence-corrected chi connectivity index (χ3v) is 2.68. The van der Waals surface area contributed by atoms with Gasteiger partial charge in [0.1, 0.15) is 4.33 Å². The molecule has 0 bridgehead atoms. The molecule has 3 heteroatoms. The second-order valence-corrected chi connectivity index (χ2v) is 4.52. The fraction of sp³-hybridized carbons (Fsp3) is 0.333. The molecule has 0 aromatic carbocycles. The lowest BCUT2D eigenvalue weighted by atomic mass is 10.4. The average molecular weight is 181 g/mol. The van der Waals surface area contributed by atoms with E-state index in [0.29, 0.717) is 0 Å². The molecule has 1 heterocycles. The molecule has 0 fully saturated rings. The van der Waals surface area contributed by atoms with Crippen LogP contribution in [0.5, 0.6) is 0 Å². The molecular weight excluding hydrogens is 175 g/mol. The number of halogens is 2. The first kappa shape index (κ1) is 7.39. The van der Waals surface area contributed by atoms with Crippen LogP contribution in [0.3, 0.4) is 0 Å². The van der Waals surface area contributed by atoms with E-state index in [9.17, 15) is 0 Å². The summed E-state index contributed by atoms with van der Waals surface area (Å²) in [6.45, 7) is 1.77. The first-order valence-electron chi connectivity index (χ1n) is 2.52. The Labute approximate surface area is 68.4 Å². The Hall–Kier alpha value is 0.280. The first-order chi connectivity index (χ1) is 4.11. The van der Waals surface area contributed by atoms with Crippen LogP contribution in [0.2, 0.25) is 0 Å². The van der Waals surface area contributed by atoms with E-state index in [2.05, 4.69) is 0 Å². The maximum Gasteiger partial charge on any atom is 0.149 e. The smallest absolute Gasteiger partial charge is 0.146 e. The summed E-state index contributed by atoms with van der Waals surface area (Å²) in [7, 11) is 0. The van der Waals surface area contributed by atoms with E-state index < -0.39 is 4.33 Å². The summed E-state index contributed by atoms with van der Waals surface area (Å²) in [5.41, 5.74) is 0. The molecule has 0 radical (unpaired) electrons.